The second-order valence-corrected chi connectivity index (χ2v) is 7.16. The molecule has 31 heavy (non-hydrogen) atoms. The Morgan fingerprint density at radius 3 is 1.94 bits per heavy atom. The summed E-state index contributed by atoms with van der Waals surface area (Å²) in [5.74, 6) is -1.95. The molecule has 0 heterocycles. The minimum absolute atomic E-state index is 0.0919. The van der Waals surface area contributed by atoms with Gasteiger partial charge in [0.2, 0.25) is 5.91 Å². The Kier molecular flexibility index (Phi) is 7.82. The minimum atomic E-state index is -5.09. The molecule has 0 atom stereocenters. The van der Waals surface area contributed by atoms with Crippen LogP contribution in [0.15, 0.2) is 36.4 Å². The molecule has 0 spiro atoms. The Morgan fingerprint density at radius 2 is 1.42 bits per heavy atom. The van der Waals surface area contributed by atoms with Crippen molar-refractivity contribution in [3.8, 4) is 0 Å². The van der Waals surface area contributed by atoms with E-state index in [1.54, 1.807) is 12.1 Å². The first-order valence-electron chi connectivity index (χ1n) is 8.55. The van der Waals surface area contributed by atoms with Crippen LogP contribution in [-0.2, 0) is 23.6 Å². The molecule has 0 unspecified atom stereocenters. The lowest BCUT2D eigenvalue weighted by atomic mass is 10.0. The molecule has 0 radical (unpaired) electrons. The summed E-state index contributed by atoms with van der Waals surface area (Å²) < 4.78 is 77.2. The lowest BCUT2D eigenvalue weighted by Crippen LogP contribution is -2.37. The largest absolute Gasteiger partial charge is 0.416 e. The molecular weight excluding hydrogens is 473 g/mol. The Morgan fingerprint density at radius 1 is 0.839 bits per heavy atom. The lowest BCUT2D eigenvalue weighted by Gasteiger charge is -2.14. The van der Waals surface area contributed by atoms with Gasteiger partial charge in [-0.3, -0.25) is 9.59 Å². The Balaban J connectivity index is 1.97. The third kappa shape index (κ3) is 7.32. The molecule has 2 aromatic rings. The number of amides is 2. The molecule has 2 amide bonds. The molecule has 0 saturated heterocycles. The zero-order chi connectivity index (χ0) is 23.4. The number of nitrogens with one attached hydrogen (secondary N) is 2. The van der Waals surface area contributed by atoms with Crippen molar-refractivity contribution in [1.82, 2.24) is 10.6 Å². The maximum atomic E-state index is 12.9. The standard InChI is InChI=1S/C19H14Cl2F6N2O2/c20-14-2-1-10(15(21)8-14)3-4-28-16(30)9-29-17(31)11-5-12(18(22,23)24)7-13(6-11)19(25,26)27/h1-2,5-8H,3-4,9H2,(H,28,30)(H,29,31). The van der Waals surface area contributed by atoms with Gasteiger partial charge in [0.1, 0.15) is 0 Å². The highest BCUT2D eigenvalue weighted by Crippen LogP contribution is 2.36. The Labute approximate surface area is 182 Å². The Bertz CT molecular complexity index is 945. The average molecular weight is 487 g/mol. The molecule has 2 rings (SSSR count). The second-order valence-electron chi connectivity index (χ2n) is 6.31. The number of alkyl halides is 6. The SMILES string of the molecule is O=C(CNC(=O)c1cc(C(F)(F)F)cc(C(F)(F)F)c1)NCCc1ccc(Cl)cc1Cl. The van der Waals surface area contributed by atoms with Gasteiger partial charge in [-0.15, -0.1) is 0 Å². The Hall–Kier alpha value is -2.46. The van der Waals surface area contributed by atoms with Gasteiger partial charge in [-0.05, 0) is 42.3 Å². The summed E-state index contributed by atoms with van der Waals surface area (Å²) in [6, 6.07) is 5.26. The van der Waals surface area contributed by atoms with E-state index in [0.717, 1.165) is 0 Å². The number of hydrogen-bond donors (Lipinski definition) is 2. The van der Waals surface area contributed by atoms with Crippen molar-refractivity contribution in [1.29, 1.82) is 0 Å². The maximum Gasteiger partial charge on any atom is 0.416 e. The van der Waals surface area contributed by atoms with E-state index in [1.165, 1.54) is 6.07 Å². The van der Waals surface area contributed by atoms with Crippen LogP contribution in [0.5, 0.6) is 0 Å². The van der Waals surface area contributed by atoms with Gasteiger partial charge in [0, 0.05) is 22.2 Å². The van der Waals surface area contributed by atoms with Gasteiger partial charge in [-0.2, -0.15) is 26.3 Å². The number of halogens is 8. The predicted octanol–water partition coefficient (Wildman–Crippen LogP) is 5.12. The van der Waals surface area contributed by atoms with Crippen LogP contribution in [0.25, 0.3) is 0 Å². The van der Waals surface area contributed by atoms with Crippen molar-refractivity contribution in [2.24, 2.45) is 0 Å². The average Bonchev–Trinajstić information content (AvgIpc) is 2.66. The summed E-state index contributed by atoms with van der Waals surface area (Å²) in [4.78, 5) is 23.8. The van der Waals surface area contributed by atoms with Crippen molar-refractivity contribution >= 4 is 35.0 Å². The molecule has 0 aliphatic rings. The van der Waals surface area contributed by atoms with E-state index >= 15 is 0 Å². The van der Waals surface area contributed by atoms with Crippen molar-refractivity contribution in [2.45, 2.75) is 18.8 Å². The zero-order valence-corrected chi connectivity index (χ0v) is 16.9. The van der Waals surface area contributed by atoms with E-state index in [4.69, 9.17) is 23.2 Å². The minimum Gasteiger partial charge on any atom is -0.354 e. The van der Waals surface area contributed by atoms with Crippen LogP contribution in [-0.4, -0.2) is 24.9 Å². The van der Waals surface area contributed by atoms with E-state index in [9.17, 15) is 35.9 Å². The van der Waals surface area contributed by atoms with Gasteiger partial charge in [0.25, 0.3) is 5.91 Å². The summed E-state index contributed by atoms with van der Waals surface area (Å²) in [5, 5.41) is 5.26. The topological polar surface area (TPSA) is 58.2 Å². The van der Waals surface area contributed by atoms with Gasteiger partial charge in [0.15, 0.2) is 0 Å². The van der Waals surface area contributed by atoms with Crippen LogP contribution in [0.3, 0.4) is 0 Å². The highest BCUT2D eigenvalue weighted by Gasteiger charge is 2.37. The summed E-state index contributed by atoms with van der Waals surface area (Å²) >= 11 is 11.8. The molecule has 2 N–H and O–H groups in total. The van der Waals surface area contributed by atoms with Gasteiger partial charge < -0.3 is 10.6 Å². The van der Waals surface area contributed by atoms with Crippen molar-refractivity contribution < 1.29 is 35.9 Å². The molecule has 12 heteroatoms. The first-order chi connectivity index (χ1) is 14.3. The molecule has 0 bridgehead atoms. The first kappa shape index (κ1) is 24.8. The fourth-order valence-electron chi connectivity index (χ4n) is 2.47. The van der Waals surface area contributed by atoms with Crippen molar-refractivity contribution in [3.63, 3.8) is 0 Å². The van der Waals surface area contributed by atoms with Gasteiger partial charge in [-0.1, -0.05) is 29.3 Å². The van der Waals surface area contributed by atoms with Gasteiger partial charge in [-0.25, -0.2) is 0 Å². The lowest BCUT2D eigenvalue weighted by molar-refractivity contribution is -0.143. The number of carbonyl (C=O) groups excluding carboxylic acids is 2. The normalized spacial score (nSPS) is 11.9. The molecule has 0 aliphatic heterocycles. The van der Waals surface area contributed by atoms with E-state index in [0.29, 0.717) is 22.0 Å². The number of carbonyl (C=O) groups is 2. The first-order valence-corrected chi connectivity index (χ1v) is 9.31. The molecule has 0 aliphatic carbocycles. The predicted molar refractivity (Wildman–Crippen MR) is 102 cm³/mol. The van der Waals surface area contributed by atoms with Gasteiger partial charge in [0.05, 0.1) is 17.7 Å². The molecule has 0 fully saturated rings. The monoisotopic (exact) mass is 486 g/mol. The third-order valence-electron chi connectivity index (χ3n) is 3.99. The maximum absolute atomic E-state index is 12.9. The number of hydrogen-bond acceptors (Lipinski definition) is 2. The summed E-state index contributed by atoms with van der Waals surface area (Å²) in [7, 11) is 0. The van der Waals surface area contributed by atoms with Crippen molar-refractivity contribution in [3.05, 3.63) is 68.7 Å². The fraction of sp³-hybridized carbons (Fsp3) is 0.263. The van der Waals surface area contributed by atoms with E-state index < -0.39 is 47.4 Å². The van der Waals surface area contributed by atoms with Crippen LogP contribution in [0, 0.1) is 0 Å². The van der Waals surface area contributed by atoms with Crippen LogP contribution in [0.1, 0.15) is 27.0 Å². The van der Waals surface area contributed by atoms with Crippen molar-refractivity contribution in [2.75, 3.05) is 13.1 Å². The number of benzene rings is 2. The van der Waals surface area contributed by atoms with E-state index in [-0.39, 0.29) is 24.7 Å². The summed E-state index contributed by atoms with van der Waals surface area (Å²) in [5.41, 5.74) is -3.43. The van der Waals surface area contributed by atoms with E-state index in [1.807, 2.05) is 5.32 Å². The molecule has 168 valence electrons. The zero-order valence-electron chi connectivity index (χ0n) is 15.4. The molecule has 0 aromatic heterocycles. The van der Waals surface area contributed by atoms with Crippen LogP contribution < -0.4 is 10.6 Å². The third-order valence-corrected chi connectivity index (χ3v) is 4.58. The highest BCUT2D eigenvalue weighted by atomic mass is 35.5. The molecule has 4 nitrogen and oxygen atoms in total. The van der Waals surface area contributed by atoms with Crippen LogP contribution in [0.2, 0.25) is 10.0 Å². The highest BCUT2D eigenvalue weighted by molar-refractivity contribution is 6.35. The second kappa shape index (κ2) is 9.78. The number of rotatable bonds is 6. The van der Waals surface area contributed by atoms with E-state index in [2.05, 4.69) is 5.32 Å². The fourth-order valence-corrected chi connectivity index (χ4v) is 2.98. The molecular formula is C19H14Cl2F6N2O2. The van der Waals surface area contributed by atoms with Crippen LogP contribution >= 0.6 is 23.2 Å². The summed E-state index contributed by atoms with van der Waals surface area (Å²) in [6.45, 7) is -0.525. The quantitative estimate of drug-likeness (QED) is 0.556. The van der Waals surface area contributed by atoms with Gasteiger partial charge >= 0.3 is 12.4 Å². The van der Waals surface area contributed by atoms with Crippen LogP contribution in [0.4, 0.5) is 26.3 Å². The smallest absolute Gasteiger partial charge is 0.354 e. The molecule has 2 aromatic carbocycles. The molecule has 0 saturated carbocycles. The summed E-state index contributed by atoms with van der Waals surface area (Å²) in [6.07, 6.45) is -9.84.